The Morgan fingerprint density at radius 1 is 1.38 bits per heavy atom. The number of nitrogens with zero attached hydrogens (tertiary/aromatic N) is 1. The maximum Gasteiger partial charge on any atom is 0.173 e. The van der Waals surface area contributed by atoms with Crippen LogP contribution in [0.4, 0.5) is 0 Å². The van der Waals surface area contributed by atoms with Crippen molar-refractivity contribution in [1.29, 1.82) is 0 Å². The first-order chi connectivity index (χ1) is 7.80. The molecule has 1 rings (SSSR count). The van der Waals surface area contributed by atoms with Gasteiger partial charge in [0.2, 0.25) is 0 Å². The number of aliphatic hydroxyl groups is 1. The number of aliphatic hydroxyl groups excluding tert-OH is 1. The summed E-state index contributed by atoms with van der Waals surface area (Å²) in [7, 11) is 1.69. The third-order valence-electron chi connectivity index (χ3n) is 2.46. The third kappa shape index (κ3) is 4.51. The molecule has 1 N–H and O–H groups in total. The summed E-state index contributed by atoms with van der Waals surface area (Å²) < 4.78 is 5.17. The molecule has 0 unspecified atom stereocenters. The van der Waals surface area contributed by atoms with Crippen molar-refractivity contribution in [3.8, 4) is 5.06 Å². The van der Waals surface area contributed by atoms with Gasteiger partial charge >= 0.3 is 0 Å². The van der Waals surface area contributed by atoms with E-state index in [0.717, 1.165) is 24.7 Å². The number of unbranched alkanes of at least 4 members (excludes halogenated alkanes) is 1. The van der Waals surface area contributed by atoms with Gasteiger partial charge in [-0.15, -0.1) is 11.3 Å². The molecule has 0 aliphatic carbocycles. The summed E-state index contributed by atoms with van der Waals surface area (Å²) in [5.74, 6) is 0. The molecule has 1 aromatic rings. The predicted molar refractivity (Wildman–Crippen MR) is 68.1 cm³/mol. The Kier molecular flexibility index (Phi) is 6.45. The van der Waals surface area contributed by atoms with E-state index in [1.54, 1.807) is 18.4 Å². The zero-order valence-corrected chi connectivity index (χ0v) is 10.9. The van der Waals surface area contributed by atoms with Gasteiger partial charge in [0.1, 0.15) is 0 Å². The fourth-order valence-electron chi connectivity index (χ4n) is 1.57. The van der Waals surface area contributed by atoms with E-state index in [1.807, 2.05) is 6.07 Å². The zero-order chi connectivity index (χ0) is 11.8. The van der Waals surface area contributed by atoms with Crippen molar-refractivity contribution in [3.63, 3.8) is 0 Å². The van der Waals surface area contributed by atoms with E-state index in [2.05, 4.69) is 17.9 Å². The highest BCUT2D eigenvalue weighted by Crippen LogP contribution is 2.24. The van der Waals surface area contributed by atoms with E-state index >= 15 is 0 Å². The van der Waals surface area contributed by atoms with Gasteiger partial charge in [-0.2, -0.15) is 0 Å². The molecule has 0 aliphatic rings. The number of hydrogen-bond acceptors (Lipinski definition) is 4. The minimum absolute atomic E-state index is 0.228. The van der Waals surface area contributed by atoms with Crippen LogP contribution in [0, 0.1) is 0 Å². The third-order valence-corrected chi connectivity index (χ3v) is 3.49. The van der Waals surface area contributed by atoms with Crippen LogP contribution < -0.4 is 4.74 Å². The van der Waals surface area contributed by atoms with Gasteiger partial charge < -0.3 is 9.84 Å². The van der Waals surface area contributed by atoms with Gasteiger partial charge in [0.25, 0.3) is 0 Å². The molecular weight excluding hydrogens is 222 g/mol. The van der Waals surface area contributed by atoms with Crippen LogP contribution in [0.25, 0.3) is 0 Å². The van der Waals surface area contributed by atoms with Gasteiger partial charge in [-0.25, -0.2) is 0 Å². The molecule has 0 radical (unpaired) electrons. The Hall–Kier alpha value is -0.580. The normalized spacial score (nSPS) is 11.0. The maximum absolute atomic E-state index is 9.00. The zero-order valence-electron chi connectivity index (χ0n) is 10.1. The topological polar surface area (TPSA) is 32.7 Å². The molecule has 0 aromatic carbocycles. The summed E-state index contributed by atoms with van der Waals surface area (Å²) >= 11 is 1.67. The van der Waals surface area contributed by atoms with Gasteiger partial charge in [-0.05, 0) is 25.1 Å². The second-order valence-corrected chi connectivity index (χ2v) is 4.91. The van der Waals surface area contributed by atoms with Crippen molar-refractivity contribution < 1.29 is 9.84 Å². The van der Waals surface area contributed by atoms with E-state index in [1.165, 1.54) is 17.7 Å². The summed E-state index contributed by atoms with van der Waals surface area (Å²) in [5, 5.41) is 9.96. The Morgan fingerprint density at radius 2 is 2.19 bits per heavy atom. The molecule has 1 aromatic heterocycles. The van der Waals surface area contributed by atoms with Crippen molar-refractivity contribution >= 4 is 11.3 Å². The van der Waals surface area contributed by atoms with Crippen LogP contribution in [0.15, 0.2) is 12.1 Å². The fourth-order valence-corrected chi connectivity index (χ4v) is 2.43. The average molecular weight is 243 g/mol. The molecule has 0 bridgehead atoms. The van der Waals surface area contributed by atoms with Gasteiger partial charge in [-0.3, -0.25) is 4.90 Å². The van der Waals surface area contributed by atoms with E-state index in [0.29, 0.717) is 0 Å². The number of methoxy groups -OCH3 is 1. The highest BCUT2D eigenvalue weighted by molar-refractivity contribution is 7.13. The summed E-state index contributed by atoms with van der Waals surface area (Å²) in [4.78, 5) is 3.58. The van der Waals surface area contributed by atoms with Crippen LogP contribution in [-0.2, 0) is 6.54 Å². The highest BCUT2D eigenvalue weighted by Gasteiger charge is 2.07. The summed E-state index contributed by atoms with van der Waals surface area (Å²) in [6.45, 7) is 5.13. The maximum atomic E-state index is 9.00. The quantitative estimate of drug-likeness (QED) is 0.761. The molecule has 0 saturated heterocycles. The van der Waals surface area contributed by atoms with E-state index < -0.39 is 0 Å². The van der Waals surface area contributed by atoms with Crippen molar-refractivity contribution in [2.75, 3.05) is 26.8 Å². The lowest BCUT2D eigenvalue weighted by Gasteiger charge is -2.19. The smallest absolute Gasteiger partial charge is 0.173 e. The monoisotopic (exact) mass is 243 g/mol. The Morgan fingerprint density at radius 3 is 2.75 bits per heavy atom. The van der Waals surface area contributed by atoms with Gasteiger partial charge in [-0.1, -0.05) is 13.3 Å². The average Bonchev–Trinajstić information content (AvgIpc) is 2.74. The first kappa shape index (κ1) is 13.5. The lowest BCUT2D eigenvalue weighted by atomic mass is 10.3. The minimum Gasteiger partial charge on any atom is -0.487 e. The standard InChI is InChI=1S/C12H21NO2S/c1-3-4-7-13(8-9-14)10-11-5-6-12(15-2)16-11/h5-6,14H,3-4,7-10H2,1-2H3. The Labute approximate surface area is 102 Å². The first-order valence-electron chi connectivity index (χ1n) is 5.76. The Bertz CT molecular complexity index is 288. The second kappa shape index (κ2) is 7.65. The molecule has 0 atom stereocenters. The second-order valence-electron chi connectivity index (χ2n) is 3.78. The lowest BCUT2D eigenvalue weighted by molar-refractivity contribution is 0.189. The van der Waals surface area contributed by atoms with Crippen LogP contribution >= 0.6 is 11.3 Å². The molecule has 16 heavy (non-hydrogen) atoms. The number of hydrogen-bond donors (Lipinski definition) is 1. The largest absolute Gasteiger partial charge is 0.487 e. The molecule has 0 aliphatic heterocycles. The first-order valence-corrected chi connectivity index (χ1v) is 6.57. The van der Waals surface area contributed by atoms with Crippen LogP contribution in [0.3, 0.4) is 0 Å². The predicted octanol–water partition coefficient (Wildman–Crippen LogP) is 2.35. The van der Waals surface area contributed by atoms with E-state index in [-0.39, 0.29) is 6.61 Å². The Balaban J connectivity index is 2.46. The molecule has 0 fully saturated rings. The summed E-state index contributed by atoms with van der Waals surface area (Å²) in [5.41, 5.74) is 0. The minimum atomic E-state index is 0.228. The highest BCUT2D eigenvalue weighted by atomic mass is 32.1. The molecular formula is C12H21NO2S. The van der Waals surface area contributed by atoms with Crippen molar-refractivity contribution in [1.82, 2.24) is 4.90 Å². The molecule has 3 nitrogen and oxygen atoms in total. The number of ether oxygens (including phenoxy) is 1. The van der Waals surface area contributed by atoms with Crippen LogP contribution in [-0.4, -0.2) is 36.8 Å². The van der Waals surface area contributed by atoms with E-state index in [9.17, 15) is 0 Å². The van der Waals surface area contributed by atoms with Crippen molar-refractivity contribution in [3.05, 3.63) is 17.0 Å². The summed E-state index contributed by atoms with van der Waals surface area (Å²) in [6, 6.07) is 4.09. The number of thiophene rings is 1. The molecule has 92 valence electrons. The fraction of sp³-hybridized carbons (Fsp3) is 0.667. The molecule has 4 heteroatoms. The molecule has 1 heterocycles. The van der Waals surface area contributed by atoms with Crippen LogP contribution in [0.1, 0.15) is 24.6 Å². The molecule has 0 saturated carbocycles. The molecule has 0 amide bonds. The van der Waals surface area contributed by atoms with Crippen LogP contribution in [0.5, 0.6) is 5.06 Å². The number of rotatable bonds is 8. The SMILES string of the molecule is CCCCN(CCO)Cc1ccc(OC)s1. The lowest BCUT2D eigenvalue weighted by Crippen LogP contribution is -2.27. The van der Waals surface area contributed by atoms with Gasteiger partial charge in [0.15, 0.2) is 5.06 Å². The molecule has 0 spiro atoms. The van der Waals surface area contributed by atoms with Gasteiger partial charge in [0, 0.05) is 18.0 Å². The van der Waals surface area contributed by atoms with Crippen molar-refractivity contribution in [2.45, 2.75) is 26.3 Å². The van der Waals surface area contributed by atoms with Gasteiger partial charge in [0.05, 0.1) is 13.7 Å². The summed E-state index contributed by atoms with van der Waals surface area (Å²) in [6.07, 6.45) is 2.37. The van der Waals surface area contributed by atoms with E-state index in [4.69, 9.17) is 9.84 Å². The van der Waals surface area contributed by atoms with Crippen LogP contribution in [0.2, 0.25) is 0 Å². The van der Waals surface area contributed by atoms with Crippen molar-refractivity contribution in [2.24, 2.45) is 0 Å².